The second-order valence-electron chi connectivity index (χ2n) is 10.3. The molecule has 5 heteroatoms. The molecule has 0 spiro atoms. The summed E-state index contributed by atoms with van der Waals surface area (Å²) >= 11 is 0. The second-order valence-corrected chi connectivity index (χ2v) is 10.3. The molecule has 33 heavy (non-hydrogen) atoms. The highest BCUT2D eigenvalue weighted by Crippen LogP contribution is 2.44. The summed E-state index contributed by atoms with van der Waals surface area (Å²) in [4.78, 5) is 7.86. The van der Waals surface area contributed by atoms with Gasteiger partial charge in [-0.05, 0) is 43.4 Å². The van der Waals surface area contributed by atoms with Gasteiger partial charge in [0.25, 0.3) is 0 Å². The molecule has 0 unspecified atom stereocenters. The average Bonchev–Trinajstić information content (AvgIpc) is 3.02. The number of aromatic nitrogens is 2. The van der Waals surface area contributed by atoms with Gasteiger partial charge < -0.3 is 15.2 Å². The van der Waals surface area contributed by atoms with E-state index < -0.39 is 0 Å². The average molecular weight is 444 g/mol. The molecule has 3 fully saturated rings. The number of rotatable bonds is 5. The van der Waals surface area contributed by atoms with E-state index in [1.54, 1.807) is 5.56 Å². The summed E-state index contributed by atoms with van der Waals surface area (Å²) in [6.07, 6.45) is 10.5. The first-order chi connectivity index (χ1) is 16.3. The van der Waals surface area contributed by atoms with E-state index in [4.69, 9.17) is 4.98 Å². The van der Waals surface area contributed by atoms with Gasteiger partial charge in [0, 0.05) is 37.8 Å². The summed E-state index contributed by atoms with van der Waals surface area (Å²) in [5.41, 5.74) is 4.15. The molecule has 1 aromatic heterocycles. The van der Waals surface area contributed by atoms with Gasteiger partial charge in [-0.25, -0.2) is 4.98 Å². The molecule has 1 aliphatic carbocycles. The highest BCUT2D eigenvalue weighted by Gasteiger charge is 2.40. The Bertz CT molecular complexity index is 1050. The van der Waals surface area contributed by atoms with Crippen molar-refractivity contribution in [2.45, 2.75) is 69.0 Å². The Morgan fingerprint density at radius 1 is 0.848 bits per heavy atom. The molecule has 1 saturated carbocycles. The summed E-state index contributed by atoms with van der Waals surface area (Å²) in [6.45, 7) is 4.38. The van der Waals surface area contributed by atoms with E-state index in [1.165, 1.54) is 56.9 Å². The third kappa shape index (κ3) is 3.95. The Kier molecular flexibility index (Phi) is 5.85. The molecular weight excluding hydrogens is 406 g/mol. The molecule has 3 aliphatic rings. The van der Waals surface area contributed by atoms with Crippen LogP contribution in [0.25, 0.3) is 11.0 Å². The van der Waals surface area contributed by atoms with Crippen molar-refractivity contribution in [1.29, 1.82) is 0 Å². The van der Waals surface area contributed by atoms with Crippen molar-refractivity contribution < 1.29 is 0 Å². The van der Waals surface area contributed by atoms with Crippen molar-refractivity contribution in [3.63, 3.8) is 0 Å². The smallest absolute Gasteiger partial charge is 0.204 e. The van der Waals surface area contributed by atoms with Crippen LogP contribution in [0.4, 0.5) is 5.95 Å². The lowest BCUT2D eigenvalue weighted by molar-refractivity contribution is 0.0362. The number of piperidine rings is 1. The maximum atomic E-state index is 5.00. The van der Waals surface area contributed by atoms with E-state index in [2.05, 4.69) is 74.7 Å². The molecule has 0 radical (unpaired) electrons. The molecule has 174 valence electrons. The van der Waals surface area contributed by atoms with Gasteiger partial charge in [-0.3, -0.25) is 4.90 Å². The minimum atomic E-state index is 0.221. The third-order valence-electron chi connectivity index (χ3n) is 8.39. The van der Waals surface area contributed by atoms with Crippen LogP contribution in [0.1, 0.15) is 63.0 Å². The normalized spacial score (nSPS) is 22.7. The van der Waals surface area contributed by atoms with Gasteiger partial charge in [0.2, 0.25) is 5.95 Å². The Balaban J connectivity index is 1.27. The number of imidazole rings is 1. The number of nitrogens with one attached hydrogen (secondary N) is 2. The molecule has 6 rings (SSSR count). The number of fused-ring (bicyclic) bond motifs is 1. The Morgan fingerprint density at radius 3 is 2.24 bits per heavy atom. The van der Waals surface area contributed by atoms with Gasteiger partial charge in [0.1, 0.15) is 0 Å². The molecule has 0 atom stereocenters. The van der Waals surface area contributed by atoms with Crippen LogP contribution in [-0.2, 0) is 5.54 Å². The summed E-state index contributed by atoms with van der Waals surface area (Å²) in [7, 11) is 0. The van der Waals surface area contributed by atoms with Gasteiger partial charge in [-0.2, -0.15) is 0 Å². The lowest BCUT2D eigenvalue weighted by Gasteiger charge is -2.48. The van der Waals surface area contributed by atoms with Gasteiger partial charge in [0.15, 0.2) is 0 Å². The minimum Gasteiger partial charge on any atom is -0.350 e. The highest BCUT2D eigenvalue weighted by molar-refractivity contribution is 5.79. The van der Waals surface area contributed by atoms with Crippen molar-refractivity contribution in [2.24, 2.45) is 0 Å². The van der Waals surface area contributed by atoms with Crippen LogP contribution in [0.3, 0.4) is 0 Å². The lowest BCUT2D eigenvalue weighted by atomic mass is 9.79. The van der Waals surface area contributed by atoms with Gasteiger partial charge in [-0.15, -0.1) is 0 Å². The van der Waals surface area contributed by atoms with E-state index in [9.17, 15) is 0 Å². The van der Waals surface area contributed by atoms with Gasteiger partial charge in [0.05, 0.1) is 17.1 Å². The number of anilines is 1. The van der Waals surface area contributed by atoms with Gasteiger partial charge in [-0.1, -0.05) is 68.1 Å². The zero-order valence-corrected chi connectivity index (χ0v) is 19.7. The number of nitrogens with zero attached hydrogens (tertiary/aromatic N) is 3. The summed E-state index contributed by atoms with van der Waals surface area (Å²) in [5, 5.41) is 7.10. The number of likely N-dealkylation sites (tertiary alicyclic amines) is 1. The van der Waals surface area contributed by atoms with E-state index in [-0.39, 0.29) is 5.54 Å². The van der Waals surface area contributed by atoms with E-state index in [0.29, 0.717) is 12.1 Å². The summed E-state index contributed by atoms with van der Waals surface area (Å²) < 4.78 is 2.52. The molecule has 2 saturated heterocycles. The Hall–Kier alpha value is -2.37. The number of benzene rings is 2. The van der Waals surface area contributed by atoms with Crippen molar-refractivity contribution in [2.75, 3.05) is 31.5 Å². The van der Waals surface area contributed by atoms with Crippen LogP contribution < -0.4 is 10.6 Å². The van der Waals surface area contributed by atoms with Crippen molar-refractivity contribution in [3.8, 4) is 0 Å². The molecule has 3 heterocycles. The predicted octanol–water partition coefficient (Wildman–Crippen LogP) is 5.31. The van der Waals surface area contributed by atoms with E-state index in [0.717, 1.165) is 37.6 Å². The van der Waals surface area contributed by atoms with E-state index in [1.807, 2.05) is 0 Å². The maximum absolute atomic E-state index is 5.00. The van der Waals surface area contributed by atoms with Crippen molar-refractivity contribution in [3.05, 3.63) is 60.2 Å². The number of para-hydroxylation sites is 2. The zero-order valence-electron chi connectivity index (χ0n) is 19.7. The molecule has 3 aromatic rings. The molecule has 0 bridgehead atoms. The zero-order chi connectivity index (χ0) is 22.1. The molecule has 5 nitrogen and oxygen atoms in total. The molecular formula is C28H37N5. The fraction of sp³-hybridized carbons (Fsp3) is 0.536. The monoisotopic (exact) mass is 443 g/mol. The SMILES string of the molecule is c1ccc(C2(N3CCC(n4c(NC5CNC5)nc5ccccc54)CC3)CCCCCC2)cc1. The van der Waals surface area contributed by atoms with E-state index >= 15 is 0 Å². The maximum Gasteiger partial charge on any atom is 0.204 e. The largest absolute Gasteiger partial charge is 0.350 e. The van der Waals surface area contributed by atoms with Crippen molar-refractivity contribution in [1.82, 2.24) is 19.8 Å². The topological polar surface area (TPSA) is 45.1 Å². The Labute approximate surface area is 197 Å². The van der Waals surface area contributed by atoms with Crippen LogP contribution in [0.5, 0.6) is 0 Å². The van der Waals surface area contributed by atoms with Crippen LogP contribution in [-0.4, -0.2) is 46.7 Å². The first-order valence-electron chi connectivity index (χ1n) is 13.1. The van der Waals surface area contributed by atoms with Crippen LogP contribution in [0, 0.1) is 0 Å². The second kappa shape index (κ2) is 9.11. The number of hydrogen-bond acceptors (Lipinski definition) is 4. The summed E-state index contributed by atoms with van der Waals surface area (Å²) in [5.74, 6) is 1.06. The van der Waals surface area contributed by atoms with Crippen LogP contribution in [0.2, 0.25) is 0 Å². The quantitative estimate of drug-likeness (QED) is 0.525. The van der Waals surface area contributed by atoms with Gasteiger partial charge >= 0.3 is 0 Å². The molecule has 2 N–H and O–H groups in total. The third-order valence-corrected chi connectivity index (χ3v) is 8.39. The minimum absolute atomic E-state index is 0.221. The number of hydrogen-bond donors (Lipinski definition) is 2. The Morgan fingerprint density at radius 2 is 1.55 bits per heavy atom. The fourth-order valence-corrected chi connectivity index (χ4v) is 6.49. The van der Waals surface area contributed by atoms with Crippen LogP contribution in [0.15, 0.2) is 54.6 Å². The first kappa shape index (κ1) is 21.2. The standard InChI is InChI=1S/C28H37N5/c1-2-9-17-28(16-8-1,22-10-4-3-5-11-22)32-18-14-24(15-19-32)33-26-13-7-6-12-25(26)31-27(33)30-23-20-29-21-23/h3-7,10-13,23-24,29H,1-2,8-9,14-21H2,(H,30,31). The lowest BCUT2D eigenvalue weighted by Crippen LogP contribution is -2.52. The highest BCUT2D eigenvalue weighted by atomic mass is 15.3. The molecule has 2 aliphatic heterocycles. The molecule has 0 amide bonds. The summed E-state index contributed by atoms with van der Waals surface area (Å²) in [6, 6.07) is 21.1. The first-order valence-corrected chi connectivity index (χ1v) is 13.1. The van der Waals surface area contributed by atoms with Crippen molar-refractivity contribution >= 4 is 17.0 Å². The van der Waals surface area contributed by atoms with Crippen LogP contribution >= 0.6 is 0 Å². The predicted molar refractivity (Wildman–Crippen MR) is 136 cm³/mol. The fourth-order valence-electron chi connectivity index (χ4n) is 6.49. The molecule has 2 aromatic carbocycles.